The van der Waals surface area contributed by atoms with Crippen molar-refractivity contribution in [2.45, 2.75) is 20.8 Å². The molecule has 0 aliphatic carbocycles. The lowest BCUT2D eigenvalue weighted by molar-refractivity contribution is -0.136. The molecule has 6 nitrogen and oxygen atoms in total. The molecule has 0 saturated heterocycles. The zero-order valence-electron chi connectivity index (χ0n) is 11.0. The van der Waals surface area contributed by atoms with Crippen LogP contribution >= 0.6 is 31.9 Å². The molecular weight excluding hydrogens is 430 g/mol. The predicted octanol–water partition coefficient (Wildman–Crippen LogP) is 1.80. The van der Waals surface area contributed by atoms with Crippen molar-refractivity contribution in [1.82, 2.24) is 5.32 Å². The van der Waals surface area contributed by atoms with Crippen molar-refractivity contribution in [2.75, 3.05) is 6.54 Å². The second-order valence-electron chi connectivity index (χ2n) is 4.23. The zero-order valence-corrected chi connectivity index (χ0v) is 15.0. The van der Waals surface area contributed by atoms with Gasteiger partial charge in [0.15, 0.2) is 0 Å². The van der Waals surface area contributed by atoms with E-state index in [1.54, 1.807) is 12.1 Å². The van der Waals surface area contributed by atoms with Crippen molar-refractivity contribution in [3.63, 3.8) is 0 Å². The number of halogens is 2. The Morgan fingerprint density at radius 3 is 2.24 bits per heavy atom. The maximum atomic E-state index is 12.4. The number of hydrogen-bond donors (Lipinski definition) is 2. The molecule has 1 aromatic rings. The molecule has 2 N–H and O–H groups in total. The number of carbonyl (C=O) groups excluding carboxylic acids is 1. The van der Waals surface area contributed by atoms with Crippen molar-refractivity contribution in [1.29, 1.82) is 0 Å². The van der Waals surface area contributed by atoms with Gasteiger partial charge in [-0.25, -0.2) is 8.42 Å². The third kappa shape index (κ3) is 4.27. The molecule has 0 saturated carbocycles. The highest BCUT2D eigenvalue weighted by molar-refractivity contribution is 9.28. The van der Waals surface area contributed by atoms with Gasteiger partial charge in [0.05, 0.1) is 11.3 Å². The van der Waals surface area contributed by atoms with Crippen LogP contribution in [-0.4, -0.2) is 34.5 Å². The summed E-state index contributed by atoms with van der Waals surface area (Å²) >= 11 is 5.72. The standard InChI is InChI=1S/C12H13Br2NO5S/c1-8-2-4-9(5-3-8)21(19,20)12(13,14)11(18)15-7-6-10(16)17/h2-5H,6-7H2,1H3,(H,15,18)(H,16,17). The Morgan fingerprint density at radius 1 is 1.24 bits per heavy atom. The van der Waals surface area contributed by atoms with Gasteiger partial charge in [-0.05, 0) is 50.9 Å². The highest BCUT2D eigenvalue weighted by Crippen LogP contribution is 2.38. The van der Waals surface area contributed by atoms with Gasteiger partial charge in [-0.2, -0.15) is 0 Å². The molecule has 116 valence electrons. The van der Waals surface area contributed by atoms with E-state index in [-0.39, 0.29) is 17.9 Å². The van der Waals surface area contributed by atoms with E-state index < -0.39 is 24.3 Å². The monoisotopic (exact) mass is 441 g/mol. The number of carboxylic acids is 1. The van der Waals surface area contributed by atoms with E-state index in [4.69, 9.17) is 5.11 Å². The predicted molar refractivity (Wildman–Crippen MR) is 84.2 cm³/mol. The first-order chi connectivity index (χ1) is 9.59. The third-order valence-corrected chi connectivity index (χ3v) is 7.59. The second-order valence-corrected chi connectivity index (χ2v) is 10.8. The molecule has 0 heterocycles. The Morgan fingerprint density at radius 2 is 1.76 bits per heavy atom. The number of sulfone groups is 1. The summed E-state index contributed by atoms with van der Waals surface area (Å²) in [6.07, 6.45) is -0.299. The maximum Gasteiger partial charge on any atom is 0.305 e. The largest absolute Gasteiger partial charge is 0.481 e. The number of carboxylic acid groups (broad SMARTS) is 1. The highest BCUT2D eigenvalue weighted by atomic mass is 79.9. The second kappa shape index (κ2) is 6.89. The van der Waals surface area contributed by atoms with Gasteiger partial charge in [0, 0.05) is 6.54 Å². The fourth-order valence-corrected chi connectivity index (χ4v) is 3.88. The Labute approximate surface area is 139 Å². The lowest BCUT2D eigenvalue weighted by Crippen LogP contribution is -2.44. The van der Waals surface area contributed by atoms with E-state index in [0.717, 1.165) is 5.56 Å². The minimum absolute atomic E-state index is 0.0322. The first-order valence-electron chi connectivity index (χ1n) is 5.78. The van der Waals surface area contributed by atoms with Gasteiger partial charge in [-0.3, -0.25) is 9.59 Å². The fourth-order valence-electron chi connectivity index (χ4n) is 1.37. The van der Waals surface area contributed by atoms with Gasteiger partial charge in [-0.15, -0.1) is 0 Å². The Hall–Kier alpha value is -0.930. The van der Waals surface area contributed by atoms with Gasteiger partial charge in [0.2, 0.25) is 9.84 Å². The number of rotatable bonds is 6. The molecule has 9 heteroatoms. The van der Waals surface area contributed by atoms with Crippen LogP contribution in [0.3, 0.4) is 0 Å². The number of aryl methyl sites for hydroxylation is 1. The number of carbonyl (C=O) groups is 2. The molecule has 1 aromatic carbocycles. The SMILES string of the molecule is Cc1ccc(S(=O)(=O)C(Br)(Br)C(=O)NCCC(=O)O)cc1. The van der Waals surface area contributed by atoms with Gasteiger partial charge in [0.25, 0.3) is 8.47 Å². The van der Waals surface area contributed by atoms with Crippen LogP contribution in [0.25, 0.3) is 0 Å². The molecule has 0 atom stereocenters. The topological polar surface area (TPSA) is 101 Å². The van der Waals surface area contributed by atoms with E-state index in [1.165, 1.54) is 12.1 Å². The molecule has 0 aliphatic rings. The maximum absolute atomic E-state index is 12.4. The van der Waals surface area contributed by atoms with Gasteiger partial charge in [-0.1, -0.05) is 17.7 Å². The summed E-state index contributed by atoms with van der Waals surface area (Å²) in [6.45, 7) is 1.64. The fraction of sp³-hybridized carbons (Fsp3) is 0.333. The first-order valence-corrected chi connectivity index (χ1v) is 8.85. The lowest BCUT2D eigenvalue weighted by atomic mass is 10.2. The van der Waals surface area contributed by atoms with Crippen LogP contribution in [0.4, 0.5) is 0 Å². The molecule has 1 amide bonds. The van der Waals surface area contributed by atoms with Crippen LogP contribution in [0.2, 0.25) is 0 Å². The quantitative estimate of drug-likeness (QED) is 0.654. The van der Waals surface area contributed by atoms with Crippen LogP contribution in [0, 0.1) is 6.92 Å². The van der Waals surface area contributed by atoms with Crippen LogP contribution in [-0.2, 0) is 19.4 Å². The average molecular weight is 443 g/mol. The van der Waals surface area contributed by atoms with Gasteiger partial charge >= 0.3 is 5.97 Å². The summed E-state index contributed by atoms with van der Waals surface area (Å²) in [5.74, 6) is -1.98. The minimum Gasteiger partial charge on any atom is -0.481 e. The molecule has 0 aliphatic heterocycles. The molecule has 0 spiro atoms. The Bertz CT molecular complexity index is 640. The number of amides is 1. The minimum atomic E-state index is -4.03. The third-order valence-electron chi connectivity index (χ3n) is 2.56. The van der Waals surface area contributed by atoms with Crippen molar-refractivity contribution < 1.29 is 23.1 Å². The smallest absolute Gasteiger partial charge is 0.305 e. The summed E-state index contributed by atoms with van der Waals surface area (Å²) in [7, 11) is -4.03. The molecule has 21 heavy (non-hydrogen) atoms. The first kappa shape index (κ1) is 18.1. The number of benzene rings is 1. The van der Waals surface area contributed by atoms with Gasteiger partial charge in [0.1, 0.15) is 0 Å². The molecule has 0 radical (unpaired) electrons. The Balaban J connectivity index is 2.96. The zero-order chi connectivity index (χ0) is 16.3. The molecular formula is C12H13Br2NO5S. The van der Waals surface area contributed by atoms with Crippen molar-refractivity contribution in [3.8, 4) is 0 Å². The van der Waals surface area contributed by atoms with E-state index in [2.05, 4.69) is 37.2 Å². The van der Waals surface area contributed by atoms with Gasteiger partial charge < -0.3 is 10.4 Å². The van der Waals surface area contributed by atoms with E-state index in [1.807, 2.05) is 6.92 Å². The summed E-state index contributed by atoms with van der Waals surface area (Å²) in [5.41, 5.74) is 0.884. The average Bonchev–Trinajstić information content (AvgIpc) is 2.38. The van der Waals surface area contributed by atoms with Crippen molar-refractivity contribution in [3.05, 3.63) is 29.8 Å². The highest BCUT2D eigenvalue weighted by Gasteiger charge is 2.47. The van der Waals surface area contributed by atoms with Crippen LogP contribution < -0.4 is 5.32 Å². The molecule has 1 rings (SSSR count). The number of nitrogens with one attached hydrogen (secondary N) is 1. The van der Waals surface area contributed by atoms with E-state index >= 15 is 0 Å². The van der Waals surface area contributed by atoms with Crippen LogP contribution in [0.1, 0.15) is 12.0 Å². The lowest BCUT2D eigenvalue weighted by Gasteiger charge is -2.20. The van der Waals surface area contributed by atoms with Crippen molar-refractivity contribution in [2.24, 2.45) is 0 Å². The summed E-state index contributed by atoms with van der Waals surface area (Å²) in [5, 5.41) is 10.7. The summed E-state index contributed by atoms with van der Waals surface area (Å²) in [4.78, 5) is 22.3. The molecule has 0 fully saturated rings. The normalized spacial score (nSPS) is 12.0. The summed E-state index contributed by atoms with van der Waals surface area (Å²) in [6, 6.07) is 6.02. The number of hydrogen-bond acceptors (Lipinski definition) is 4. The van der Waals surface area contributed by atoms with E-state index in [0.29, 0.717) is 0 Å². The number of alkyl halides is 2. The van der Waals surface area contributed by atoms with E-state index in [9.17, 15) is 18.0 Å². The Kier molecular flexibility index (Phi) is 5.94. The molecule has 0 bridgehead atoms. The molecule has 0 aromatic heterocycles. The van der Waals surface area contributed by atoms with Crippen LogP contribution in [0.5, 0.6) is 0 Å². The van der Waals surface area contributed by atoms with Crippen molar-refractivity contribution >= 4 is 53.6 Å². The number of aliphatic carboxylic acids is 1. The summed E-state index contributed by atoms with van der Waals surface area (Å²) < 4.78 is 22.8. The molecule has 0 unspecified atom stereocenters. The van der Waals surface area contributed by atoms with Crippen LogP contribution in [0.15, 0.2) is 29.2 Å².